The number of aliphatic hydroxyl groups excluding tert-OH is 1. The topological polar surface area (TPSA) is 188 Å². The fourth-order valence-electron chi connectivity index (χ4n) is 3.07. The van der Waals surface area contributed by atoms with Crippen LogP contribution < -0.4 is 22.1 Å². The molecule has 4 unspecified atom stereocenters. The second kappa shape index (κ2) is 12.6. The van der Waals surface area contributed by atoms with Gasteiger partial charge in [-0.25, -0.2) is 4.79 Å². The highest BCUT2D eigenvalue weighted by Crippen LogP contribution is 2.18. The number of thiol groups is 1. The van der Waals surface area contributed by atoms with Gasteiger partial charge >= 0.3 is 5.97 Å². The second-order valence-corrected chi connectivity index (χ2v) is 7.27. The summed E-state index contributed by atoms with van der Waals surface area (Å²) in [6.45, 7) is -0.0512. The highest BCUT2D eigenvalue weighted by Gasteiger charge is 2.38. The number of hydrogen-bond acceptors (Lipinski definition) is 8. The van der Waals surface area contributed by atoms with Crippen molar-refractivity contribution >= 4 is 36.3 Å². The Morgan fingerprint density at radius 3 is 2.34 bits per heavy atom. The Balaban J connectivity index is 2.83. The molecular formula is C17H31N5O6S. The molecule has 1 aliphatic heterocycles. The van der Waals surface area contributed by atoms with E-state index >= 15 is 0 Å². The molecule has 3 amide bonds. The van der Waals surface area contributed by atoms with Gasteiger partial charge in [0.2, 0.25) is 17.7 Å². The molecule has 0 aromatic carbocycles. The SMILES string of the molecule is NCCCCC(NC(=O)C(N)CS)C(=O)NC(CO)C(=O)N1CCCC1C(=O)O. The van der Waals surface area contributed by atoms with Crippen LogP contribution in [-0.4, -0.2) is 88.4 Å². The van der Waals surface area contributed by atoms with E-state index < -0.39 is 54.5 Å². The van der Waals surface area contributed by atoms with Gasteiger partial charge in [-0.15, -0.1) is 0 Å². The van der Waals surface area contributed by atoms with Gasteiger partial charge in [-0.3, -0.25) is 14.4 Å². The summed E-state index contributed by atoms with van der Waals surface area (Å²) in [5, 5.41) is 23.8. The third kappa shape index (κ3) is 7.46. The molecule has 1 heterocycles. The summed E-state index contributed by atoms with van der Waals surface area (Å²) >= 11 is 3.95. The molecule has 0 spiro atoms. The summed E-state index contributed by atoms with van der Waals surface area (Å²) in [6, 6.07) is -4.17. The number of carbonyl (C=O) groups excluding carboxylic acids is 3. The molecule has 1 saturated heterocycles. The van der Waals surface area contributed by atoms with E-state index in [1.54, 1.807) is 0 Å². The Morgan fingerprint density at radius 1 is 1.14 bits per heavy atom. The van der Waals surface area contributed by atoms with Crippen LogP contribution in [-0.2, 0) is 19.2 Å². The fraction of sp³-hybridized carbons (Fsp3) is 0.765. The molecule has 1 aliphatic rings. The highest BCUT2D eigenvalue weighted by molar-refractivity contribution is 7.80. The maximum absolute atomic E-state index is 12.7. The van der Waals surface area contributed by atoms with E-state index in [0.29, 0.717) is 32.2 Å². The first-order valence-corrected chi connectivity index (χ1v) is 10.2. The van der Waals surface area contributed by atoms with Crippen LogP contribution in [0.3, 0.4) is 0 Å². The van der Waals surface area contributed by atoms with E-state index in [0.717, 1.165) is 4.90 Å². The van der Waals surface area contributed by atoms with Crippen LogP contribution in [0.5, 0.6) is 0 Å². The van der Waals surface area contributed by atoms with E-state index in [4.69, 9.17) is 11.5 Å². The van der Waals surface area contributed by atoms with Crippen LogP contribution in [0.4, 0.5) is 0 Å². The van der Waals surface area contributed by atoms with Gasteiger partial charge < -0.3 is 37.2 Å². The van der Waals surface area contributed by atoms with Gasteiger partial charge in [0.15, 0.2) is 0 Å². The third-order valence-electron chi connectivity index (χ3n) is 4.73. The van der Waals surface area contributed by atoms with Crippen LogP contribution >= 0.6 is 12.6 Å². The second-order valence-electron chi connectivity index (χ2n) is 6.91. The van der Waals surface area contributed by atoms with Crippen molar-refractivity contribution in [3.05, 3.63) is 0 Å². The standard InChI is InChI=1S/C17H31N5O6S/c18-6-2-1-4-11(20-14(24)10(19)9-29)15(25)21-12(8-23)16(26)22-7-3-5-13(22)17(27)28/h10-13,23,29H,1-9,18-19H2,(H,20,24)(H,21,25)(H,27,28). The van der Waals surface area contributed by atoms with Gasteiger partial charge in [-0.2, -0.15) is 12.6 Å². The number of carbonyl (C=O) groups is 4. The molecule has 0 aliphatic carbocycles. The number of amides is 3. The van der Waals surface area contributed by atoms with Crippen molar-refractivity contribution in [1.29, 1.82) is 0 Å². The first kappa shape index (κ1) is 25.1. The first-order chi connectivity index (χ1) is 13.8. The van der Waals surface area contributed by atoms with Gasteiger partial charge in [0.05, 0.1) is 12.6 Å². The molecule has 0 aromatic rings. The van der Waals surface area contributed by atoms with E-state index in [1.165, 1.54) is 0 Å². The molecule has 11 nitrogen and oxygen atoms in total. The maximum Gasteiger partial charge on any atom is 0.326 e. The molecule has 0 aromatic heterocycles. The Morgan fingerprint density at radius 2 is 1.79 bits per heavy atom. The number of unbranched alkanes of at least 4 members (excludes halogenated alkanes) is 1. The lowest BCUT2D eigenvalue weighted by Gasteiger charge is -2.28. The molecule has 1 fully saturated rings. The number of nitrogens with two attached hydrogens (primary N) is 2. The van der Waals surface area contributed by atoms with Gasteiger partial charge in [-0.1, -0.05) is 0 Å². The summed E-state index contributed by atoms with van der Waals surface area (Å²) in [4.78, 5) is 49.8. The zero-order chi connectivity index (χ0) is 22.0. The number of nitrogens with one attached hydrogen (secondary N) is 2. The maximum atomic E-state index is 12.7. The quantitative estimate of drug-likeness (QED) is 0.129. The molecule has 4 atom stereocenters. The van der Waals surface area contributed by atoms with E-state index in [-0.39, 0.29) is 18.7 Å². The van der Waals surface area contributed by atoms with Crippen molar-refractivity contribution in [2.24, 2.45) is 11.5 Å². The number of aliphatic carboxylic acids is 1. The summed E-state index contributed by atoms with van der Waals surface area (Å²) in [6.07, 6.45) is 2.28. The van der Waals surface area contributed by atoms with Crippen LogP contribution in [0.1, 0.15) is 32.1 Å². The zero-order valence-corrected chi connectivity index (χ0v) is 17.1. The number of nitrogens with zero attached hydrogens (tertiary/aromatic N) is 1. The average molecular weight is 434 g/mol. The lowest BCUT2D eigenvalue weighted by Crippen LogP contribution is -2.58. The Bertz CT molecular complexity index is 593. The fourth-order valence-corrected chi connectivity index (χ4v) is 3.23. The van der Waals surface area contributed by atoms with Crippen molar-refractivity contribution in [1.82, 2.24) is 15.5 Å². The van der Waals surface area contributed by atoms with Crippen molar-refractivity contribution in [3.8, 4) is 0 Å². The summed E-state index contributed by atoms with van der Waals surface area (Å²) in [5.74, 6) is -2.95. The van der Waals surface area contributed by atoms with Gasteiger partial charge in [0.1, 0.15) is 18.1 Å². The molecule has 12 heteroatoms. The minimum atomic E-state index is -1.31. The molecule has 1 rings (SSSR count). The number of carboxylic acids is 1. The van der Waals surface area contributed by atoms with Gasteiger partial charge in [-0.05, 0) is 38.6 Å². The largest absolute Gasteiger partial charge is 0.480 e. The van der Waals surface area contributed by atoms with Gasteiger partial charge in [0.25, 0.3) is 0 Å². The number of carboxylic acid groups (broad SMARTS) is 1. The van der Waals surface area contributed by atoms with Gasteiger partial charge in [0, 0.05) is 12.3 Å². The third-order valence-corrected chi connectivity index (χ3v) is 5.12. The smallest absolute Gasteiger partial charge is 0.326 e. The van der Waals surface area contributed by atoms with Crippen LogP contribution in [0, 0.1) is 0 Å². The lowest BCUT2D eigenvalue weighted by molar-refractivity contribution is -0.150. The molecule has 0 radical (unpaired) electrons. The summed E-state index contributed by atoms with van der Waals surface area (Å²) in [7, 11) is 0. The van der Waals surface area contributed by atoms with Crippen LogP contribution in [0.2, 0.25) is 0 Å². The molecular weight excluding hydrogens is 402 g/mol. The monoisotopic (exact) mass is 433 g/mol. The molecule has 0 saturated carbocycles. The highest BCUT2D eigenvalue weighted by atomic mass is 32.1. The predicted molar refractivity (Wildman–Crippen MR) is 108 cm³/mol. The first-order valence-electron chi connectivity index (χ1n) is 9.58. The van der Waals surface area contributed by atoms with E-state index in [9.17, 15) is 29.4 Å². The molecule has 29 heavy (non-hydrogen) atoms. The van der Waals surface area contributed by atoms with Crippen molar-refractivity contribution in [2.75, 3.05) is 25.4 Å². The Kier molecular flexibility index (Phi) is 10.9. The summed E-state index contributed by atoms with van der Waals surface area (Å²) < 4.78 is 0. The van der Waals surface area contributed by atoms with Crippen LogP contribution in [0.25, 0.3) is 0 Å². The van der Waals surface area contributed by atoms with E-state index in [2.05, 4.69) is 23.3 Å². The number of likely N-dealkylation sites (tertiary alicyclic amines) is 1. The molecule has 166 valence electrons. The molecule has 8 N–H and O–H groups in total. The Hall–Kier alpha value is -1.89. The van der Waals surface area contributed by atoms with Crippen molar-refractivity contribution in [2.45, 2.75) is 56.3 Å². The van der Waals surface area contributed by atoms with E-state index in [1.807, 2.05) is 0 Å². The minimum absolute atomic E-state index is 0.0895. The number of hydrogen-bond donors (Lipinski definition) is 7. The number of aliphatic hydroxyl groups is 1. The summed E-state index contributed by atoms with van der Waals surface area (Å²) in [5.41, 5.74) is 11.1. The molecule has 0 bridgehead atoms. The minimum Gasteiger partial charge on any atom is -0.480 e. The lowest BCUT2D eigenvalue weighted by atomic mass is 10.1. The Labute approximate surface area is 175 Å². The van der Waals surface area contributed by atoms with Crippen LogP contribution in [0.15, 0.2) is 0 Å². The normalized spacial score (nSPS) is 19.3. The predicted octanol–water partition coefficient (Wildman–Crippen LogP) is -2.59. The number of rotatable bonds is 12. The van der Waals surface area contributed by atoms with Crippen molar-refractivity contribution < 1.29 is 29.4 Å². The average Bonchev–Trinajstić information content (AvgIpc) is 3.20. The van der Waals surface area contributed by atoms with Crippen molar-refractivity contribution in [3.63, 3.8) is 0 Å². The zero-order valence-electron chi connectivity index (χ0n) is 16.2.